The number of hydrogen-bond acceptors (Lipinski definition) is 4. The van der Waals surface area contributed by atoms with Crippen molar-refractivity contribution in [2.75, 3.05) is 11.1 Å². The predicted octanol–water partition coefficient (Wildman–Crippen LogP) is 2.11. The van der Waals surface area contributed by atoms with Crippen molar-refractivity contribution in [3.63, 3.8) is 0 Å². The molecule has 0 aliphatic carbocycles. The Kier molecular flexibility index (Phi) is 2.91. The van der Waals surface area contributed by atoms with Crippen molar-refractivity contribution in [2.45, 2.75) is 0 Å². The van der Waals surface area contributed by atoms with Crippen molar-refractivity contribution in [1.29, 1.82) is 0 Å². The standard InChI is InChI=1S/C12H11N3O2/c13-10-5-1-4-9(12(16)17)11(10)15-8-3-2-6-14-7-8/h1-7,15H,13H2,(H,16,17). The minimum Gasteiger partial charge on any atom is -0.478 e. The lowest BCUT2D eigenvalue weighted by Gasteiger charge is -2.11. The molecule has 2 aromatic rings. The number of hydrogen-bond donors (Lipinski definition) is 3. The Bertz CT molecular complexity index is 541. The topological polar surface area (TPSA) is 88.2 Å². The van der Waals surface area contributed by atoms with Gasteiger partial charge in [0.1, 0.15) is 0 Å². The molecule has 1 aromatic heterocycles. The quantitative estimate of drug-likeness (QED) is 0.701. The van der Waals surface area contributed by atoms with E-state index in [9.17, 15) is 4.79 Å². The number of nitrogens with one attached hydrogen (secondary N) is 1. The molecule has 1 aromatic carbocycles. The van der Waals surface area contributed by atoms with Crippen LogP contribution < -0.4 is 11.1 Å². The zero-order valence-corrected chi connectivity index (χ0v) is 8.92. The lowest BCUT2D eigenvalue weighted by molar-refractivity contribution is 0.0698. The molecule has 86 valence electrons. The van der Waals surface area contributed by atoms with Gasteiger partial charge in [-0.3, -0.25) is 4.98 Å². The molecule has 0 aliphatic heterocycles. The third kappa shape index (κ3) is 2.34. The van der Waals surface area contributed by atoms with Crippen molar-refractivity contribution in [3.05, 3.63) is 48.3 Å². The number of nitrogens with zero attached hydrogens (tertiary/aromatic N) is 1. The lowest BCUT2D eigenvalue weighted by atomic mass is 10.1. The maximum atomic E-state index is 11.1. The zero-order chi connectivity index (χ0) is 12.3. The van der Waals surface area contributed by atoms with Crippen LogP contribution in [-0.2, 0) is 0 Å². The highest BCUT2D eigenvalue weighted by Crippen LogP contribution is 2.26. The van der Waals surface area contributed by atoms with Crippen LogP contribution in [0.2, 0.25) is 0 Å². The average molecular weight is 229 g/mol. The normalized spacial score (nSPS) is 9.88. The summed E-state index contributed by atoms with van der Waals surface area (Å²) in [4.78, 5) is 15.0. The summed E-state index contributed by atoms with van der Waals surface area (Å²) in [5.74, 6) is -1.02. The number of aromatic nitrogens is 1. The van der Waals surface area contributed by atoms with Gasteiger partial charge in [-0.05, 0) is 24.3 Å². The summed E-state index contributed by atoms with van der Waals surface area (Å²) in [5, 5.41) is 12.0. The van der Waals surface area contributed by atoms with E-state index in [-0.39, 0.29) is 5.56 Å². The Balaban J connectivity index is 2.41. The number of anilines is 3. The van der Waals surface area contributed by atoms with Crippen LogP contribution in [0.3, 0.4) is 0 Å². The second-order valence-electron chi connectivity index (χ2n) is 3.44. The number of para-hydroxylation sites is 1. The van der Waals surface area contributed by atoms with Crippen LogP contribution in [0.1, 0.15) is 10.4 Å². The Morgan fingerprint density at radius 1 is 1.29 bits per heavy atom. The van der Waals surface area contributed by atoms with E-state index in [0.29, 0.717) is 17.1 Å². The van der Waals surface area contributed by atoms with E-state index >= 15 is 0 Å². The van der Waals surface area contributed by atoms with Crippen molar-refractivity contribution in [2.24, 2.45) is 0 Å². The fraction of sp³-hybridized carbons (Fsp3) is 0. The molecule has 0 spiro atoms. The molecule has 0 aliphatic rings. The number of carbonyl (C=O) groups is 1. The Morgan fingerprint density at radius 3 is 2.76 bits per heavy atom. The van der Waals surface area contributed by atoms with Gasteiger partial charge in [-0.1, -0.05) is 6.07 Å². The Labute approximate surface area is 97.9 Å². The maximum Gasteiger partial charge on any atom is 0.337 e. The van der Waals surface area contributed by atoms with E-state index in [1.165, 1.54) is 6.07 Å². The summed E-state index contributed by atoms with van der Waals surface area (Å²) >= 11 is 0. The van der Waals surface area contributed by atoms with Crippen LogP contribution in [0.15, 0.2) is 42.7 Å². The molecular weight excluding hydrogens is 218 g/mol. The molecule has 0 unspecified atom stereocenters. The molecule has 0 saturated heterocycles. The molecule has 0 saturated carbocycles. The van der Waals surface area contributed by atoms with Gasteiger partial charge in [0.15, 0.2) is 0 Å². The van der Waals surface area contributed by atoms with Gasteiger partial charge in [-0.25, -0.2) is 4.79 Å². The molecule has 0 radical (unpaired) electrons. The maximum absolute atomic E-state index is 11.1. The molecular formula is C12H11N3O2. The molecule has 2 rings (SSSR count). The van der Waals surface area contributed by atoms with E-state index in [1.807, 2.05) is 0 Å². The van der Waals surface area contributed by atoms with Gasteiger partial charge in [0, 0.05) is 6.20 Å². The molecule has 1 heterocycles. The van der Waals surface area contributed by atoms with Gasteiger partial charge >= 0.3 is 5.97 Å². The molecule has 0 amide bonds. The van der Waals surface area contributed by atoms with Gasteiger partial charge in [0.05, 0.1) is 28.8 Å². The van der Waals surface area contributed by atoms with Gasteiger partial charge in [-0.2, -0.15) is 0 Å². The third-order valence-corrected chi connectivity index (χ3v) is 2.26. The average Bonchev–Trinajstić information content (AvgIpc) is 2.33. The first-order valence-electron chi connectivity index (χ1n) is 4.97. The van der Waals surface area contributed by atoms with Crippen molar-refractivity contribution >= 4 is 23.0 Å². The number of nitrogens with two attached hydrogens (primary N) is 1. The van der Waals surface area contributed by atoms with E-state index in [0.717, 1.165) is 0 Å². The van der Waals surface area contributed by atoms with Crippen LogP contribution in [0.25, 0.3) is 0 Å². The monoisotopic (exact) mass is 229 g/mol. The first-order valence-corrected chi connectivity index (χ1v) is 4.97. The van der Waals surface area contributed by atoms with Gasteiger partial charge < -0.3 is 16.2 Å². The molecule has 4 N–H and O–H groups in total. The lowest BCUT2D eigenvalue weighted by Crippen LogP contribution is -2.05. The van der Waals surface area contributed by atoms with Crippen LogP contribution >= 0.6 is 0 Å². The number of aromatic carboxylic acids is 1. The molecule has 17 heavy (non-hydrogen) atoms. The second kappa shape index (κ2) is 4.52. The molecule has 5 heteroatoms. The summed E-state index contributed by atoms with van der Waals surface area (Å²) < 4.78 is 0. The largest absolute Gasteiger partial charge is 0.478 e. The number of carboxylic acids is 1. The fourth-order valence-corrected chi connectivity index (χ4v) is 1.47. The first kappa shape index (κ1) is 10.9. The van der Waals surface area contributed by atoms with Crippen LogP contribution in [0.5, 0.6) is 0 Å². The predicted molar refractivity (Wildman–Crippen MR) is 65.3 cm³/mol. The summed E-state index contributed by atoms with van der Waals surface area (Å²) in [6.07, 6.45) is 3.23. The van der Waals surface area contributed by atoms with Crippen LogP contribution in [-0.4, -0.2) is 16.1 Å². The number of benzene rings is 1. The number of carboxylic acid groups (broad SMARTS) is 1. The third-order valence-electron chi connectivity index (χ3n) is 2.26. The number of pyridine rings is 1. The minimum absolute atomic E-state index is 0.133. The Morgan fingerprint density at radius 2 is 2.12 bits per heavy atom. The number of nitrogen functional groups attached to an aromatic ring is 1. The second-order valence-corrected chi connectivity index (χ2v) is 3.44. The van der Waals surface area contributed by atoms with Crippen LogP contribution in [0, 0.1) is 0 Å². The Hall–Kier alpha value is -2.56. The van der Waals surface area contributed by atoms with E-state index in [4.69, 9.17) is 10.8 Å². The molecule has 5 nitrogen and oxygen atoms in total. The van der Waals surface area contributed by atoms with E-state index < -0.39 is 5.97 Å². The summed E-state index contributed by atoms with van der Waals surface area (Å²) in [6, 6.07) is 8.28. The zero-order valence-electron chi connectivity index (χ0n) is 8.92. The van der Waals surface area contributed by atoms with Gasteiger partial charge in [0.2, 0.25) is 0 Å². The smallest absolute Gasteiger partial charge is 0.337 e. The van der Waals surface area contributed by atoms with Gasteiger partial charge in [-0.15, -0.1) is 0 Å². The minimum atomic E-state index is -1.02. The number of rotatable bonds is 3. The molecule has 0 atom stereocenters. The fourth-order valence-electron chi connectivity index (χ4n) is 1.47. The molecule has 0 fully saturated rings. The summed E-state index contributed by atoms with van der Waals surface area (Å²) in [5.41, 5.74) is 7.35. The molecule has 0 bridgehead atoms. The van der Waals surface area contributed by atoms with E-state index in [2.05, 4.69) is 10.3 Å². The van der Waals surface area contributed by atoms with Crippen molar-refractivity contribution in [1.82, 2.24) is 4.98 Å². The van der Waals surface area contributed by atoms with Gasteiger partial charge in [0.25, 0.3) is 0 Å². The highest BCUT2D eigenvalue weighted by atomic mass is 16.4. The summed E-state index contributed by atoms with van der Waals surface area (Å²) in [7, 11) is 0. The highest BCUT2D eigenvalue weighted by Gasteiger charge is 2.12. The van der Waals surface area contributed by atoms with Crippen LogP contribution in [0.4, 0.5) is 17.1 Å². The first-order chi connectivity index (χ1) is 8.18. The van der Waals surface area contributed by atoms with Crippen molar-refractivity contribution in [3.8, 4) is 0 Å². The van der Waals surface area contributed by atoms with Crippen molar-refractivity contribution < 1.29 is 9.90 Å². The highest BCUT2D eigenvalue weighted by molar-refractivity contribution is 5.98. The van der Waals surface area contributed by atoms with E-state index in [1.54, 1.807) is 36.7 Å². The summed E-state index contributed by atoms with van der Waals surface area (Å²) in [6.45, 7) is 0. The SMILES string of the molecule is Nc1cccc(C(=O)O)c1Nc1cccnc1.